The number of nitrogens with one attached hydrogen (secondary N) is 2. The lowest BCUT2D eigenvalue weighted by Crippen LogP contribution is -2.34. The highest BCUT2D eigenvalue weighted by Crippen LogP contribution is 2.33. The van der Waals surface area contributed by atoms with Crippen LogP contribution in [-0.4, -0.2) is 23.2 Å². The lowest BCUT2D eigenvalue weighted by atomic mass is 9.75. The Morgan fingerprint density at radius 3 is 2.68 bits per heavy atom. The molecule has 5 nitrogen and oxygen atoms in total. The molecule has 102 valence electrons. The fourth-order valence-electron chi connectivity index (χ4n) is 2.45. The molecule has 0 spiro atoms. The normalized spacial score (nSPS) is 16.9. The summed E-state index contributed by atoms with van der Waals surface area (Å²) < 4.78 is 0. The van der Waals surface area contributed by atoms with E-state index >= 15 is 0 Å². The van der Waals surface area contributed by atoms with Gasteiger partial charge in [-0.15, -0.1) is 0 Å². The minimum absolute atomic E-state index is 0.00801. The van der Waals surface area contributed by atoms with E-state index in [1.165, 1.54) is 6.07 Å². The molecule has 1 amide bonds. The highest BCUT2D eigenvalue weighted by atomic mass is 16.2. The average Bonchev–Trinajstić information content (AvgIpc) is 2.26. The maximum atomic E-state index is 12.1. The summed E-state index contributed by atoms with van der Waals surface area (Å²) in [6.07, 6.45) is 1.07. The Kier molecular flexibility index (Phi) is 3.30. The maximum Gasteiger partial charge on any atom is 0.261 e. The van der Waals surface area contributed by atoms with Gasteiger partial charge >= 0.3 is 0 Å². The van der Waals surface area contributed by atoms with Crippen LogP contribution in [0.3, 0.4) is 0 Å². The number of fused-ring (bicyclic) bond motifs is 1. The molecule has 0 bridgehead atoms. The number of hydrogen-bond donors (Lipinski definition) is 2. The lowest BCUT2D eigenvalue weighted by Gasteiger charge is -2.29. The molecule has 5 heteroatoms. The van der Waals surface area contributed by atoms with E-state index in [0.717, 1.165) is 0 Å². The van der Waals surface area contributed by atoms with E-state index in [9.17, 15) is 14.4 Å². The van der Waals surface area contributed by atoms with Crippen molar-refractivity contribution in [3.8, 4) is 0 Å². The molecule has 0 unspecified atom stereocenters. The van der Waals surface area contributed by atoms with Crippen LogP contribution in [0.5, 0.6) is 0 Å². The molecule has 0 saturated carbocycles. The lowest BCUT2D eigenvalue weighted by molar-refractivity contribution is 0.0910. The maximum absolute atomic E-state index is 12.1. The van der Waals surface area contributed by atoms with Crippen molar-refractivity contribution in [1.82, 2.24) is 10.3 Å². The molecule has 1 heterocycles. The van der Waals surface area contributed by atoms with Crippen molar-refractivity contribution in [2.75, 3.05) is 6.54 Å². The van der Waals surface area contributed by atoms with E-state index < -0.39 is 11.5 Å². The Bertz CT molecular complexity index is 599. The van der Waals surface area contributed by atoms with Gasteiger partial charge in [-0.05, 0) is 24.8 Å². The van der Waals surface area contributed by atoms with Crippen molar-refractivity contribution in [2.24, 2.45) is 5.41 Å². The van der Waals surface area contributed by atoms with E-state index in [2.05, 4.69) is 10.3 Å². The first-order chi connectivity index (χ1) is 8.84. The van der Waals surface area contributed by atoms with Gasteiger partial charge in [0.05, 0.1) is 0 Å². The van der Waals surface area contributed by atoms with Gasteiger partial charge in [-0.2, -0.15) is 0 Å². The molecule has 0 aromatic carbocycles. The number of hydrogen-bond acceptors (Lipinski definition) is 3. The summed E-state index contributed by atoms with van der Waals surface area (Å²) in [7, 11) is 0. The molecular weight excluding hydrogens is 244 g/mol. The first-order valence-electron chi connectivity index (χ1n) is 6.41. The van der Waals surface area contributed by atoms with Gasteiger partial charge in [0.15, 0.2) is 5.78 Å². The number of amides is 1. The molecule has 0 radical (unpaired) electrons. The Hall–Kier alpha value is -1.91. The van der Waals surface area contributed by atoms with Gasteiger partial charge in [-0.25, -0.2) is 0 Å². The van der Waals surface area contributed by atoms with Crippen molar-refractivity contribution in [3.63, 3.8) is 0 Å². The van der Waals surface area contributed by atoms with Gasteiger partial charge in [0.1, 0.15) is 5.56 Å². The van der Waals surface area contributed by atoms with Gasteiger partial charge < -0.3 is 10.3 Å². The second-order valence-electron chi connectivity index (χ2n) is 5.70. The summed E-state index contributed by atoms with van der Waals surface area (Å²) in [4.78, 5) is 38.4. The minimum atomic E-state index is -0.441. The standard InChI is InChI=1S/C14H18N2O3/c1-4-15-12(18)9-5-8-10(16-13(9)19)6-14(2,3)7-11(8)17/h5H,4,6-7H2,1-3H3,(H,15,18)(H,16,19). The molecule has 1 aromatic rings. The quantitative estimate of drug-likeness (QED) is 0.842. The first-order valence-corrected chi connectivity index (χ1v) is 6.41. The summed E-state index contributed by atoms with van der Waals surface area (Å²) in [5.41, 5.74) is 0.531. The molecular formula is C14H18N2O3. The third kappa shape index (κ3) is 2.59. The monoisotopic (exact) mass is 262 g/mol. The van der Waals surface area contributed by atoms with Crippen LogP contribution in [0.25, 0.3) is 0 Å². The van der Waals surface area contributed by atoms with Crippen molar-refractivity contribution in [3.05, 3.63) is 33.2 Å². The Balaban J connectivity index is 2.50. The SMILES string of the molecule is CCNC(=O)c1cc2c([nH]c1=O)CC(C)(C)CC2=O. The number of Topliss-reactive ketones (excluding diaryl/α,β-unsaturated/α-hetero) is 1. The second-order valence-corrected chi connectivity index (χ2v) is 5.70. The van der Waals surface area contributed by atoms with Gasteiger partial charge in [-0.1, -0.05) is 13.8 Å². The van der Waals surface area contributed by atoms with Gasteiger partial charge in [0.25, 0.3) is 11.5 Å². The van der Waals surface area contributed by atoms with Crippen LogP contribution >= 0.6 is 0 Å². The molecule has 0 aliphatic heterocycles. The molecule has 0 fully saturated rings. The number of aromatic amines is 1. The first kappa shape index (κ1) is 13.5. The molecule has 2 N–H and O–H groups in total. The van der Waals surface area contributed by atoms with Crippen molar-refractivity contribution < 1.29 is 9.59 Å². The molecule has 19 heavy (non-hydrogen) atoms. The Labute approximate surface area is 111 Å². The Morgan fingerprint density at radius 1 is 1.37 bits per heavy atom. The number of aromatic nitrogens is 1. The molecule has 1 aliphatic carbocycles. The summed E-state index contributed by atoms with van der Waals surface area (Å²) in [6, 6.07) is 1.43. The van der Waals surface area contributed by atoms with Gasteiger partial charge in [-0.3, -0.25) is 14.4 Å². The van der Waals surface area contributed by atoms with Gasteiger partial charge in [0.2, 0.25) is 0 Å². The summed E-state index contributed by atoms with van der Waals surface area (Å²) in [5, 5.41) is 2.57. The van der Waals surface area contributed by atoms with Crippen LogP contribution in [0.1, 0.15) is 53.6 Å². The highest BCUT2D eigenvalue weighted by Gasteiger charge is 2.32. The van der Waals surface area contributed by atoms with E-state index in [4.69, 9.17) is 0 Å². The Morgan fingerprint density at radius 2 is 2.05 bits per heavy atom. The zero-order chi connectivity index (χ0) is 14.2. The van der Waals surface area contributed by atoms with Crippen LogP contribution in [0.2, 0.25) is 0 Å². The second kappa shape index (κ2) is 4.64. The third-order valence-corrected chi connectivity index (χ3v) is 3.30. The fourth-order valence-corrected chi connectivity index (χ4v) is 2.45. The fraction of sp³-hybridized carbons (Fsp3) is 0.500. The molecule has 0 atom stereocenters. The average molecular weight is 262 g/mol. The summed E-state index contributed by atoms with van der Waals surface area (Å²) >= 11 is 0. The smallest absolute Gasteiger partial charge is 0.261 e. The molecule has 0 saturated heterocycles. The predicted octanol–water partition coefficient (Wildman–Crippen LogP) is 1.28. The molecule has 2 rings (SSSR count). The number of pyridine rings is 1. The number of rotatable bonds is 2. The van der Waals surface area contributed by atoms with E-state index in [0.29, 0.717) is 30.6 Å². The van der Waals surface area contributed by atoms with Crippen LogP contribution in [-0.2, 0) is 6.42 Å². The van der Waals surface area contributed by atoms with E-state index in [-0.39, 0.29) is 16.8 Å². The zero-order valence-electron chi connectivity index (χ0n) is 11.4. The minimum Gasteiger partial charge on any atom is -0.352 e. The van der Waals surface area contributed by atoms with Crippen molar-refractivity contribution in [2.45, 2.75) is 33.6 Å². The number of carbonyl (C=O) groups is 2. The highest BCUT2D eigenvalue weighted by molar-refractivity contribution is 6.02. The molecule has 1 aliphatic rings. The summed E-state index contributed by atoms with van der Waals surface area (Å²) in [5.74, 6) is -0.461. The third-order valence-electron chi connectivity index (χ3n) is 3.30. The zero-order valence-corrected chi connectivity index (χ0v) is 11.4. The number of carbonyl (C=O) groups excluding carboxylic acids is 2. The topological polar surface area (TPSA) is 79.0 Å². The van der Waals surface area contributed by atoms with Gasteiger partial charge in [0, 0.05) is 24.2 Å². The van der Waals surface area contributed by atoms with Crippen LogP contribution in [0.4, 0.5) is 0 Å². The van der Waals surface area contributed by atoms with E-state index in [1.54, 1.807) is 6.92 Å². The van der Waals surface area contributed by atoms with Crippen LogP contribution in [0, 0.1) is 5.41 Å². The number of H-pyrrole nitrogens is 1. The van der Waals surface area contributed by atoms with Crippen molar-refractivity contribution >= 4 is 11.7 Å². The van der Waals surface area contributed by atoms with Crippen molar-refractivity contribution in [1.29, 1.82) is 0 Å². The largest absolute Gasteiger partial charge is 0.352 e. The van der Waals surface area contributed by atoms with Crippen LogP contribution in [0.15, 0.2) is 10.9 Å². The van der Waals surface area contributed by atoms with Crippen LogP contribution < -0.4 is 10.9 Å². The predicted molar refractivity (Wildman–Crippen MR) is 71.5 cm³/mol. The summed E-state index contributed by atoms with van der Waals surface area (Å²) in [6.45, 7) is 6.20. The van der Waals surface area contributed by atoms with E-state index in [1.807, 2.05) is 13.8 Å². The number of ketones is 1. The molecule has 1 aromatic heterocycles.